The van der Waals surface area contributed by atoms with Crippen molar-refractivity contribution in [3.8, 4) is 0 Å². The highest BCUT2D eigenvalue weighted by Crippen LogP contribution is 2.36. The average molecular weight is 522 g/mol. The standard InChI is InChI=1S/C25H41BrN4OSi/c1-9-10-21(13-14-31-32(7,8)25(4,5)6)29-23-22(18(3)28-24(27)30-23)16-19-11-12-20(26)15-17(19)2/h11-12,15,21H,9-10,13-14,16H2,1-8H3,(H3,27,28,29,30)/t21-/m0/s1. The summed E-state index contributed by atoms with van der Waals surface area (Å²) in [6.07, 6.45) is 3.87. The lowest BCUT2D eigenvalue weighted by Crippen LogP contribution is -2.41. The Kier molecular flexibility index (Phi) is 9.32. The van der Waals surface area contributed by atoms with Crippen LogP contribution in [0.4, 0.5) is 11.8 Å². The molecular weight excluding hydrogens is 480 g/mol. The number of anilines is 2. The van der Waals surface area contributed by atoms with Crippen LogP contribution in [0.5, 0.6) is 0 Å². The first-order valence-electron chi connectivity index (χ1n) is 11.6. The van der Waals surface area contributed by atoms with Crippen molar-refractivity contribution in [3.63, 3.8) is 0 Å². The number of nitrogens with one attached hydrogen (secondary N) is 1. The van der Waals surface area contributed by atoms with Crippen LogP contribution in [0.3, 0.4) is 0 Å². The molecular formula is C25H41BrN4OSi. The van der Waals surface area contributed by atoms with E-state index in [1.165, 1.54) is 11.1 Å². The summed E-state index contributed by atoms with van der Waals surface area (Å²) in [6.45, 7) is 18.6. The molecule has 0 saturated carbocycles. The molecule has 32 heavy (non-hydrogen) atoms. The molecule has 1 aromatic carbocycles. The van der Waals surface area contributed by atoms with E-state index in [4.69, 9.17) is 10.2 Å². The van der Waals surface area contributed by atoms with Gasteiger partial charge in [-0.15, -0.1) is 0 Å². The second-order valence-corrected chi connectivity index (χ2v) is 16.0. The molecule has 0 radical (unpaired) electrons. The molecule has 178 valence electrons. The lowest BCUT2D eigenvalue weighted by Gasteiger charge is -2.36. The maximum Gasteiger partial charge on any atom is 0.222 e. The fourth-order valence-corrected chi connectivity index (χ4v) is 5.04. The van der Waals surface area contributed by atoms with Gasteiger partial charge < -0.3 is 15.5 Å². The van der Waals surface area contributed by atoms with E-state index in [2.05, 4.69) is 97.1 Å². The van der Waals surface area contributed by atoms with Gasteiger partial charge in [0.25, 0.3) is 0 Å². The van der Waals surface area contributed by atoms with Gasteiger partial charge in [0.1, 0.15) is 5.82 Å². The van der Waals surface area contributed by atoms with Crippen molar-refractivity contribution in [3.05, 3.63) is 45.1 Å². The fraction of sp³-hybridized carbons (Fsp3) is 0.600. The van der Waals surface area contributed by atoms with Crippen molar-refractivity contribution in [1.29, 1.82) is 0 Å². The molecule has 2 rings (SSSR count). The Morgan fingerprint density at radius 2 is 1.84 bits per heavy atom. The molecule has 1 heterocycles. The molecule has 0 amide bonds. The molecule has 0 fully saturated rings. The van der Waals surface area contributed by atoms with Crippen molar-refractivity contribution in [2.75, 3.05) is 17.7 Å². The van der Waals surface area contributed by atoms with Gasteiger partial charge in [-0.05, 0) is 68.1 Å². The maximum absolute atomic E-state index is 6.45. The SMILES string of the molecule is CCC[C@@H](CCO[Si](C)(C)C(C)(C)C)Nc1nc(N)nc(C)c1Cc1ccc(Br)cc1C. The van der Waals surface area contributed by atoms with E-state index >= 15 is 0 Å². The molecule has 0 saturated heterocycles. The van der Waals surface area contributed by atoms with E-state index in [0.717, 1.165) is 53.8 Å². The van der Waals surface area contributed by atoms with Crippen LogP contribution in [0.15, 0.2) is 22.7 Å². The minimum Gasteiger partial charge on any atom is -0.417 e. The van der Waals surface area contributed by atoms with E-state index < -0.39 is 8.32 Å². The van der Waals surface area contributed by atoms with E-state index in [0.29, 0.717) is 5.95 Å². The zero-order valence-corrected chi connectivity index (χ0v) is 23.7. The summed E-state index contributed by atoms with van der Waals surface area (Å²) >= 11 is 3.56. The second kappa shape index (κ2) is 11.1. The summed E-state index contributed by atoms with van der Waals surface area (Å²) in [4.78, 5) is 9.06. The Morgan fingerprint density at radius 1 is 1.16 bits per heavy atom. The second-order valence-electron chi connectivity index (χ2n) is 10.3. The molecule has 1 atom stereocenters. The van der Waals surface area contributed by atoms with Crippen LogP contribution in [0.2, 0.25) is 18.1 Å². The third kappa shape index (κ3) is 7.29. The quantitative estimate of drug-likeness (QED) is 0.329. The summed E-state index contributed by atoms with van der Waals surface area (Å²) in [5.74, 6) is 1.16. The highest BCUT2D eigenvalue weighted by molar-refractivity contribution is 9.10. The molecule has 3 N–H and O–H groups in total. The number of benzene rings is 1. The number of aromatic nitrogens is 2. The third-order valence-corrected chi connectivity index (χ3v) is 11.6. The summed E-state index contributed by atoms with van der Waals surface area (Å²) in [7, 11) is -1.75. The predicted octanol–water partition coefficient (Wildman–Crippen LogP) is 7.02. The normalized spacial score (nSPS) is 13.3. The number of hydrogen-bond donors (Lipinski definition) is 2. The van der Waals surface area contributed by atoms with Gasteiger partial charge in [0.05, 0.1) is 0 Å². The number of nitrogens with zero attached hydrogens (tertiary/aromatic N) is 2. The van der Waals surface area contributed by atoms with Crippen molar-refractivity contribution in [2.45, 2.75) is 91.4 Å². The van der Waals surface area contributed by atoms with Crippen LogP contribution in [0.1, 0.15) is 69.3 Å². The molecule has 0 aliphatic rings. The molecule has 0 bridgehead atoms. The first kappa shape index (κ1) is 26.8. The number of nitrogens with two attached hydrogens (primary N) is 1. The van der Waals surface area contributed by atoms with E-state index in [1.54, 1.807) is 0 Å². The highest BCUT2D eigenvalue weighted by atomic mass is 79.9. The molecule has 0 unspecified atom stereocenters. The Bertz CT molecular complexity index is 912. The third-order valence-electron chi connectivity index (χ3n) is 6.62. The van der Waals surface area contributed by atoms with Crippen molar-refractivity contribution >= 4 is 36.0 Å². The van der Waals surface area contributed by atoms with Crippen LogP contribution in [-0.4, -0.2) is 30.9 Å². The van der Waals surface area contributed by atoms with Crippen LogP contribution in [0.25, 0.3) is 0 Å². The smallest absolute Gasteiger partial charge is 0.222 e. The summed E-state index contributed by atoms with van der Waals surface area (Å²) in [5.41, 5.74) is 10.6. The Labute approximate surface area is 204 Å². The summed E-state index contributed by atoms with van der Waals surface area (Å²) in [5, 5.41) is 3.92. The van der Waals surface area contributed by atoms with Gasteiger partial charge >= 0.3 is 0 Å². The minimum absolute atomic E-state index is 0.217. The monoisotopic (exact) mass is 520 g/mol. The molecule has 0 aliphatic heterocycles. The van der Waals surface area contributed by atoms with Crippen LogP contribution >= 0.6 is 15.9 Å². The van der Waals surface area contributed by atoms with Gasteiger partial charge in [-0.1, -0.05) is 56.1 Å². The highest BCUT2D eigenvalue weighted by Gasteiger charge is 2.37. The number of aryl methyl sites for hydroxylation is 2. The number of halogens is 1. The maximum atomic E-state index is 6.45. The lowest BCUT2D eigenvalue weighted by atomic mass is 9.99. The van der Waals surface area contributed by atoms with Crippen molar-refractivity contribution in [2.24, 2.45) is 0 Å². The van der Waals surface area contributed by atoms with Gasteiger partial charge in [-0.25, -0.2) is 4.98 Å². The molecule has 7 heteroatoms. The first-order valence-corrected chi connectivity index (χ1v) is 15.3. The van der Waals surface area contributed by atoms with E-state index in [1.807, 2.05) is 6.92 Å². The Hall–Kier alpha value is -1.44. The van der Waals surface area contributed by atoms with Gasteiger partial charge in [0.2, 0.25) is 5.95 Å². The topological polar surface area (TPSA) is 73.1 Å². The van der Waals surface area contributed by atoms with Crippen molar-refractivity contribution < 1.29 is 4.43 Å². The molecule has 5 nitrogen and oxygen atoms in total. The fourth-order valence-electron chi connectivity index (χ4n) is 3.50. The van der Waals surface area contributed by atoms with Gasteiger partial charge in [0.15, 0.2) is 8.32 Å². The van der Waals surface area contributed by atoms with Crippen LogP contribution < -0.4 is 11.1 Å². The average Bonchev–Trinajstić information content (AvgIpc) is 2.65. The molecule has 0 spiro atoms. The van der Waals surface area contributed by atoms with E-state index in [-0.39, 0.29) is 11.1 Å². The minimum atomic E-state index is -1.75. The van der Waals surface area contributed by atoms with Crippen molar-refractivity contribution in [1.82, 2.24) is 9.97 Å². The van der Waals surface area contributed by atoms with Crippen LogP contribution in [-0.2, 0) is 10.8 Å². The Morgan fingerprint density at radius 3 is 2.44 bits per heavy atom. The van der Waals surface area contributed by atoms with E-state index in [9.17, 15) is 0 Å². The lowest BCUT2D eigenvalue weighted by molar-refractivity contribution is 0.272. The largest absolute Gasteiger partial charge is 0.417 e. The van der Waals surface area contributed by atoms with Gasteiger partial charge in [0, 0.05) is 34.8 Å². The molecule has 0 aliphatic carbocycles. The van der Waals surface area contributed by atoms with Crippen LogP contribution in [0, 0.1) is 13.8 Å². The van der Waals surface area contributed by atoms with Gasteiger partial charge in [-0.3, -0.25) is 0 Å². The Balaban J connectivity index is 2.22. The van der Waals surface area contributed by atoms with Gasteiger partial charge in [-0.2, -0.15) is 4.98 Å². The molecule has 2 aromatic rings. The first-order chi connectivity index (χ1) is 14.8. The zero-order valence-electron chi connectivity index (χ0n) is 21.1. The number of rotatable bonds is 10. The zero-order chi connectivity index (χ0) is 24.1. The number of hydrogen-bond acceptors (Lipinski definition) is 5. The molecule has 1 aromatic heterocycles. The summed E-state index contributed by atoms with van der Waals surface area (Å²) < 4.78 is 7.54. The number of nitrogen functional groups attached to an aromatic ring is 1. The summed E-state index contributed by atoms with van der Waals surface area (Å²) in [6, 6.07) is 6.67. The predicted molar refractivity (Wildman–Crippen MR) is 143 cm³/mol.